The number of carboxylic acids is 1. The molecular formula is C16H23NO4. The zero-order chi connectivity index (χ0) is 15.7. The van der Waals surface area contributed by atoms with E-state index in [1.807, 2.05) is 0 Å². The van der Waals surface area contributed by atoms with E-state index in [2.05, 4.69) is 19.2 Å². The van der Waals surface area contributed by atoms with E-state index in [1.54, 1.807) is 18.2 Å². The highest BCUT2D eigenvalue weighted by molar-refractivity contribution is 5.98. The molecule has 0 aliphatic rings. The van der Waals surface area contributed by atoms with Crippen LogP contribution >= 0.6 is 0 Å². The van der Waals surface area contributed by atoms with Gasteiger partial charge in [0.2, 0.25) is 0 Å². The van der Waals surface area contributed by atoms with Gasteiger partial charge in [-0.15, -0.1) is 0 Å². The number of unbranched alkanes of at least 4 members (excludes halogenated alkanes) is 1. The predicted molar refractivity (Wildman–Crippen MR) is 81.7 cm³/mol. The topological polar surface area (TPSA) is 75.6 Å². The van der Waals surface area contributed by atoms with Gasteiger partial charge in [-0.25, -0.2) is 9.59 Å². The molecular weight excluding hydrogens is 270 g/mol. The smallest absolute Gasteiger partial charge is 0.411 e. The lowest BCUT2D eigenvalue weighted by Crippen LogP contribution is -2.20. The summed E-state index contributed by atoms with van der Waals surface area (Å²) in [4.78, 5) is 22.8. The number of benzene rings is 1. The number of anilines is 1. The second-order valence-electron chi connectivity index (χ2n) is 4.99. The summed E-state index contributed by atoms with van der Waals surface area (Å²) >= 11 is 0. The minimum absolute atomic E-state index is 0.0486. The molecule has 2 N–H and O–H groups in total. The van der Waals surface area contributed by atoms with E-state index >= 15 is 0 Å². The van der Waals surface area contributed by atoms with E-state index in [1.165, 1.54) is 6.07 Å². The van der Waals surface area contributed by atoms with Gasteiger partial charge >= 0.3 is 12.1 Å². The zero-order valence-electron chi connectivity index (χ0n) is 12.6. The monoisotopic (exact) mass is 293 g/mol. The fraction of sp³-hybridized carbons (Fsp3) is 0.500. The Bertz CT molecular complexity index is 473. The number of hydrogen-bond donors (Lipinski definition) is 2. The van der Waals surface area contributed by atoms with Crippen LogP contribution in [0.3, 0.4) is 0 Å². The van der Waals surface area contributed by atoms with Crippen LogP contribution in [-0.4, -0.2) is 23.8 Å². The molecule has 0 bridgehead atoms. The average molecular weight is 293 g/mol. The van der Waals surface area contributed by atoms with Gasteiger partial charge in [-0.1, -0.05) is 45.2 Å². The molecule has 0 aliphatic heterocycles. The molecule has 5 heteroatoms. The number of para-hydroxylation sites is 1. The van der Waals surface area contributed by atoms with Gasteiger partial charge in [0.25, 0.3) is 0 Å². The van der Waals surface area contributed by atoms with Crippen LogP contribution in [0.4, 0.5) is 10.5 Å². The molecule has 116 valence electrons. The van der Waals surface area contributed by atoms with Gasteiger partial charge in [0.05, 0.1) is 17.9 Å². The van der Waals surface area contributed by atoms with Crippen molar-refractivity contribution < 1.29 is 19.4 Å². The molecule has 1 unspecified atom stereocenters. The van der Waals surface area contributed by atoms with E-state index in [0.29, 0.717) is 12.5 Å². The molecule has 5 nitrogen and oxygen atoms in total. The quantitative estimate of drug-likeness (QED) is 0.755. The number of hydrogen-bond acceptors (Lipinski definition) is 3. The van der Waals surface area contributed by atoms with E-state index in [4.69, 9.17) is 9.84 Å². The van der Waals surface area contributed by atoms with Gasteiger partial charge in [-0.2, -0.15) is 0 Å². The van der Waals surface area contributed by atoms with Crippen LogP contribution in [0.2, 0.25) is 0 Å². The second kappa shape index (κ2) is 9.00. The third-order valence-electron chi connectivity index (χ3n) is 3.39. The van der Waals surface area contributed by atoms with Crippen LogP contribution in [0.25, 0.3) is 0 Å². The number of rotatable bonds is 8. The fourth-order valence-corrected chi connectivity index (χ4v) is 2.02. The molecule has 0 radical (unpaired) electrons. The van der Waals surface area contributed by atoms with E-state index in [9.17, 15) is 9.59 Å². The third-order valence-corrected chi connectivity index (χ3v) is 3.39. The average Bonchev–Trinajstić information content (AvgIpc) is 2.47. The maximum Gasteiger partial charge on any atom is 0.411 e. The van der Waals surface area contributed by atoms with Gasteiger partial charge < -0.3 is 9.84 Å². The first-order valence-corrected chi connectivity index (χ1v) is 7.34. The lowest BCUT2D eigenvalue weighted by Gasteiger charge is -2.15. The Morgan fingerprint density at radius 2 is 2.00 bits per heavy atom. The summed E-state index contributed by atoms with van der Waals surface area (Å²) in [6.07, 6.45) is 3.61. The molecule has 1 aromatic rings. The third kappa shape index (κ3) is 5.85. The summed E-state index contributed by atoms with van der Waals surface area (Å²) in [7, 11) is 0. The van der Waals surface area contributed by atoms with Gasteiger partial charge in [-0.05, 0) is 24.5 Å². The molecule has 0 aromatic heterocycles. The first-order chi connectivity index (χ1) is 10.1. The van der Waals surface area contributed by atoms with E-state index in [-0.39, 0.29) is 11.3 Å². The second-order valence-corrected chi connectivity index (χ2v) is 4.99. The Labute approximate surface area is 125 Å². The molecule has 1 rings (SSSR count). The highest BCUT2D eigenvalue weighted by Gasteiger charge is 2.14. The van der Waals surface area contributed by atoms with Crippen LogP contribution in [-0.2, 0) is 4.74 Å². The van der Waals surface area contributed by atoms with Crippen molar-refractivity contribution in [2.45, 2.75) is 39.5 Å². The lowest BCUT2D eigenvalue weighted by molar-refractivity contribution is 0.0698. The standard InChI is InChI=1S/C16H23NO4/c1-3-5-8-12(4-2)11-21-16(20)17-14-10-7-6-9-13(14)15(18)19/h6-7,9-10,12H,3-5,8,11H2,1-2H3,(H,17,20)(H,18,19). The number of carbonyl (C=O) groups is 2. The van der Waals surface area contributed by atoms with Crippen LogP contribution < -0.4 is 5.32 Å². The predicted octanol–water partition coefficient (Wildman–Crippen LogP) is 4.15. The summed E-state index contributed by atoms with van der Waals surface area (Å²) in [6, 6.07) is 6.25. The Hall–Kier alpha value is -2.04. The Morgan fingerprint density at radius 1 is 1.29 bits per heavy atom. The largest absolute Gasteiger partial charge is 0.478 e. The Morgan fingerprint density at radius 3 is 2.62 bits per heavy atom. The van der Waals surface area contributed by atoms with Crippen molar-refractivity contribution >= 4 is 17.7 Å². The highest BCUT2D eigenvalue weighted by atomic mass is 16.5. The molecule has 1 amide bonds. The summed E-state index contributed by atoms with van der Waals surface area (Å²) in [6.45, 7) is 4.56. The first kappa shape index (κ1) is 17.0. The number of carbonyl (C=O) groups excluding carboxylic acids is 1. The maximum atomic E-state index is 11.8. The number of amides is 1. The number of carboxylic acid groups (broad SMARTS) is 1. The molecule has 0 saturated carbocycles. The van der Waals surface area contributed by atoms with Crippen LogP contribution in [0.1, 0.15) is 49.9 Å². The minimum atomic E-state index is -1.08. The molecule has 1 atom stereocenters. The number of nitrogens with one attached hydrogen (secondary N) is 1. The minimum Gasteiger partial charge on any atom is -0.478 e. The van der Waals surface area contributed by atoms with Crippen molar-refractivity contribution in [2.75, 3.05) is 11.9 Å². The van der Waals surface area contributed by atoms with Crippen LogP contribution in [0, 0.1) is 5.92 Å². The Balaban J connectivity index is 2.52. The molecule has 0 saturated heterocycles. The molecule has 21 heavy (non-hydrogen) atoms. The molecule has 0 spiro atoms. The maximum absolute atomic E-state index is 11.8. The molecule has 0 fully saturated rings. The van der Waals surface area contributed by atoms with Gasteiger partial charge in [0, 0.05) is 0 Å². The first-order valence-electron chi connectivity index (χ1n) is 7.34. The Kier molecular flexibility index (Phi) is 7.29. The number of aromatic carboxylic acids is 1. The van der Waals surface area contributed by atoms with Gasteiger partial charge in [0.15, 0.2) is 0 Å². The normalized spacial score (nSPS) is 11.7. The summed E-state index contributed by atoms with van der Waals surface area (Å²) in [5.41, 5.74) is 0.295. The van der Waals surface area contributed by atoms with Crippen molar-refractivity contribution in [1.29, 1.82) is 0 Å². The molecule has 0 heterocycles. The van der Waals surface area contributed by atoms with Crippen molar-refractivity contribution in [3.63, 3.8) is 0 Å². The highest BCUT2D eigenvalue weighted by Crippen LogP contribution is 2.16. The summed E-state index contributed by atoms with van der Waals surface area (Å²) in [5.74, 6) is -0.731. The van der Waals surface area contributed by atoms with Crippen molar-refractivity contribution in [1.82, 2.24) is 0 Å². The fourth-order valence-electron chi connectivity index (χ4n) is 2.02. The van der Waals surface area contributed by atoms with Crippen molar-refractivity contribution in [2.24, 2.45) is 5.92 Å². The molecule has 1 aromatic carbocycles. The SMILES string of the molecule is CCCCC(CC)COC(=O)Nc1ccccc1C(=O)O. The summed E-state index contributed by atoms with van der Waals surface area (Å²) < 4.78 is 5.19. The van der Waals surface area contributed by atoms with Crippen LogP contribution in [0.5, 0.6) is 0 Å². The van der Waals surface area contributed by atoms with Crippen LogP contribution in [0.15, 0.2) is 24.3 Å². The van der Waals surface area contributed by atoms with Crippen molar-refractivity contribution in [3.05, 3.63) is 29.8 Å². The van der Waals surface area contributed by atoms with E-state index < -0.39 is 12.1 Å². The van der Waals surface area contributed by atoms with Gasteiger partial charge in [-0.3, -0.25) is 5.32 Å². The van der Waals surface area contributed by atoms with E-state index in [0.717, 1.165) is 25.7 Å². The summed E-state index contributed by atoms with van der Waals surface area (Å²) in [5, 5.41) is 11.5. The van der Waals surface area contributed by atoms with Gasteiger partial charge in [0.1, 0.15) is 0 Å². The number of ether oxygens (including phenoxy) is 1. The lowest BCUT2D eigenvalue weighted by atomic mass is 10.0. The zero-order valence-corrected chi connectivity index (χ0v) is 12.6. The van der Waals surface area contributed by atoms with Crippen molar-refractivity contribution in [3.8, 4) is 0 Å². The molecule has 0 aliphatic carbocycles.